The van der Waals surface area contributed by atoms with E-state index >= 15 is 0 Å². The molecule has 134 valence electrons. The summed E-state index contributed by atoms with van der Waals surface area (Å²) in [6.07, 6.45) is 6.87. The molecule has 0 spiro atoms. The Labute approximate surface area is 160 Å². The summed E-state index contributed by atoms with van der Waals surface area (Å²) in [5.41, 5.74) is 0.702. The highest BCUT2D eigenvalue weighted by Crippen LogP contribution is 2.32. The Hall–Kier alpha value is -1.45. The third kappa shape index (κ3) is 5.57. The zero-order valence-electron chi connectivity index (χ0n) is 14.6. The topological polar surface area (TPSA) is 82.5 Å². The van der Waals surface area contributed by atoms with Crippen LogP contribution < -0.4 is 10.6 Å². The van der Waals surface area contributed by atoms with Gasteiger partial charge in [0, 0.05) is 45.6 Å². The summed E-state index contributed by atoms with van der Waals surface area (Å²) in [6.45, 7) is 7.74. The second-order valence-corrected chi connectivity index (χ2v) is 6.16. The summed E-state index contributed by atoms with van der Waals surface area (Å²) < 4.78 is 0. The molecule has 24 heavy (non-hydrogen) atoms. The summed E-state index contributed by atoms with van der Waals surface area (Å²) in [5.74, 6) is 0.686. The molecule has 1 aliphatic rings. The first-order valence-corrected chi connectivity index (χ1v) is 8.08. The molecule has 1 unspecified atom stereocenters. The van der Waals surface area contributed by atoms with Crippen molar-refractivity contribution in [3.05, 3.63) is 24.3 Å². The molecular formula is C16H27IN6O. The number of likely N-dealkylation sites (tertiary alicyclic amines) is 1. The maximum atomic E-state index is 11.9. The van der Waals surface area contributed by atoms with E-state index in [4.69, 9.17) is 0 Å². The van der Waals surface area contributed by atoms with Gasteiger partial charge in [-0.1, -0.05) is 13.8 Å². The first-order valence-electron chi connectivity index (χ1n) is 8.08. The van der Waals surface area contributed by atoms with Crippen LogP contribution in [0.25, 0.3) is 0 Å². The standard InChI is InChI=1S/C16H26N6O.HI/c1-4-16(2)5-10-22(12-16)15(17-3)21-9-8-20-14(23)13-11-18-6-7-19-13;/h6-7,11H,4-5,8-10,12H2,1-3H3,(H,17,21)(H,20,23);1H. The van der Waals surface area contributed by atoms with Crippen LogP contribution in [0, 0.1) is 5.41 Å². The summed E-state index contributed by atoms with van der Waals surface area (Å²) in [6, 6.07) is 0. The molecule has 8 heteroatoms. The molecule has 1 amide bonds. The van der Waals surface area contributed by atoms with Crippen LogP contribution in [0.4, 0.5) is 0 Å². The molecule has 0 radical (unpaired) electrons. The number of hydrogen-bond acceptors (Lipinski definition) is 4. The Morgan fingerprint density at radius 2 is 2.12 bits per heavy atom. The number of guanidine groups is 1. The summed E-state index contributed by atoms with van der Waals surface area (Å²) >= 11 is 0. The predicted octanol–water partition coefficient (Wildman–Crippen LogP) is 1.52. The van der Waals surface area contributed by atoms with Gasteiger partial charge in [-0.3, -0.25) is 14.8 Å². The van der Waals surface area contributed by atoms with Crippen molar-refractivity contribution in [1.29, 1.82) is 0 Å². The Kier molecular flexibility index (Phi) is 8.37. The van der Waals surface area contributed by atoms with E-state index in [1.807, 2.05) is 0 Å². The van der Waals surface area contributed by atoms with Gasteiger partial charge in [-0.25, -0.2) is 4.98 Å². The van der Waals surface area contributed by atoms with Crippen molar-refractivity contribution >= 4 is 35.8 Å². The van der Waals surface area contributed by atoms with Crippen LogP contribution in [0.3, 0.4) is 0 Å². The van der Waals surface area contributed by atoms with E-state index in [9.17, 15) is 4.79 Å². The average molecular weight is 446 g/mol. The van der Waals surface area contributed by atoms with Crippen molar-refractivity contribution in [2.24, 2.45) is 10.4 Å². The fourth-order valence-corrected chi connectivity index (χ4v) is 2.68. The lowest BCUT2D eigenvalue weighted by atomic mass is 9.87. The van der Waals surface area contributed by atoms with Crippen molar-refractivity contribution in [1.82, 2.24) is 25.5 Å². The number of carbonyl (C=O) groups excluding carboxylic acids is 1. The van der Waals surface area contributed by atoms with Crippen LogP contribution in [0.1, 0.15) is 37.2 Å². The van der Waals surface area contributed by atoms with Gasteiger partial charge in [0.25, 0.3) is 5.91 Å². The molecule has 0 aromatic carbocycles. The Morgan fingerprint density at radius 3 is 2.71 bits per heavy atom. The average Bonchev–Trinajstić information content (AvgIpc) is 2.98. The minimum atomic E-state index is -0.213. The third-order valence-electron chi connectivity index (χ3n) is 4.41. The lowest BCUT2D eigenvalue weighted by Crippen LogP contribution is -2.43. The molecule has 1 aromatic heterocycles. The SMILES string of the molecule is CCC1(C)CCN(C(=NC)NCCNC(=O)c2cnccn2)C1.I. The highest BCUT2D eigenvalue weighted by atomic mass is 127. The van der Waals surface area contributed by atoms with E-state index < -0.39 is 0 Å². The molecule has 0 aliphatic carbocycles. The third-order valence-corrected chi connectivity index (χ3v) is 4.41. The quantitative estimate of drug-likeness (QED) is 0.310. The lowest BCUT2D eigenvalue weighted by Gasteiger charge is -2.25. The fraction of sp³-hybridized carbons (Fsp3) is 0.625. The van der Waals surface area contributed by atoms with Gasteiger partial charge in [-0.05, 0) is 18.3 Å². The second-order valence-electron chi connectivity index (χ2n) is 6.16. The highest BCUT2D eigenvalue weighted by Gasteiger charge is 2.33. The minimum Gasteiger partial charge on any atom is -0.354 e. The molecule has 1 fully saturated rings. The van der Waals surface area contributed by atoms with Gasteiger partial charge in [0.2, 0.25) is 0 Å². The molecule has 2 heterocycles. The number of nitrogens with one attached hydrogen (secondary N) is 2. The number of aromatic nitrogens is 2. The van der Waals surface area contributed by atoms with Crippen LogP contribution in [-0.4, -0.2) is 60.0 Å². The van der Waals surface area contributed by atoms with Gasteiger partial charge in [-0.2, -0.15) is 0 Å². The number of amides is 1. The Morgan fingerprint density at radius 1 is 1.38 bits per heavy atom. The van der Waals surface area contributed by atoms with Crippen LogP contribution in [0.15, 0.2) is 23.6 Å². The summed E-state index contributed by atoms with van der Waals surface area (Å²) in [5, 5.41) is 6.12. The molecule has 0 bridgehead atoms. The van der Waals surface area contributed by atoms with E-state index in [0.717, 1.165) is 19.0 Å². The maximum Gasteiger partial charge on any atom is 0.271 e. The minimum absolute atomic E-state index is 0. The van der Waals surface area contributed by atoms with Gasteiger partial charge in [0.15, 0.2) is 5.96 Å². The lowest BCUT2D eigenvalue weighted by molar-refractivity contribution is 0.0949. The first-order chi connectivity index (χ1) is 11.1. The predicted molar refractivity (Wildman–Crippen MR) is 106 cm³/mol. The van der Waals surface area contributed by atoms with Crippen molar-refractivity contribution in [2.45, 2.75) is 26.7 Å². The van der Waals surface area contributed by atoms with E-state index in [1.165, 1.54) is 25.2 Å². The molecule has 1 saturated heterocycles. The zero-order chi connectivity index (χ0) is 16.7. The van der Waals surface area contributed by atoms with Crippen molar-refractivity contribution in [2.75, 3.05) is 33.2 Å². The van der Waals surface area contributed by atoms with Gasteiger partial charge >= 0.3 is 0 Å². The molecule has 7 nitrogen and oxygen atoms in total. The van der Waals surface area contributed by atoms with Crippen molar-refractivity contribution in [3.63, 3.8) is 0 Å². The smallest absolute Gasteiger partial charge is 0.271 e. The second kappa shape index (κ2) is 9.75. The first kappa shape index (κ1) is 20.6. The molecule has 2 N–H and O–H groups in total. The van der Waals surface area contributed by atoms with Gasteiger partial charge in [0.1, 0.15) is 5.69 Å². The number of hydrogen-bond donors (Lipinski definition) is 2. The van der Waals surface area contributed by atoms with E-state index in [2.05, 4.69) is 44.3 Å². The normalized spacial score (nSPS) is 20.5. The van der Waals surface area contributed by atoms with Gasteiger partial charge in [-0.15, -0.1) is 24.0 Å². The Balaban J connectivity index is 0.00000288. The summed E-state index contributed by atoms with van der Waals surface area (Å²) in [7, 11) is 1.79. The zero-order valence-corrected chi connectivity index (χ0v) is 16.9. The molecule has 1 aliphatic heterocycles. The van der Waals surface area contributed by atoms with Crippen molar-refractivity contribution in [3.8, 4) is 0 Å². The van der Waals surface area contributed by atoms with Crippen LogP contribution >= 0.6 is 24.0 Å². The van der Waals surface area contributed by atoms with Gasteiger partial charge < -0.3 is 15.5 Å². The number of carbonyl (C=O) groups is 1. The van der Waals surface area contributed by atoms with E-state index in [1.54, 1.807) is 13.2 Å². The number of rotatable bonds is 5. The fourth-order valence-electron chi connectivity index (χ4n) is 2.68. The molecule has 0 saturated carbocycles. The molecular weight excluding hydrogens is 419 g/mol. The number of nitrogens with zero attached hydrogens (tertiary/aromatic N) is 4. The summed E-state index contributed by atoms with van der Waals surface area (Å²) in [4.78, 5) is 26.3. The van der Waals surface area contributed by atoms with E-state index in [-0.39, 0.29) is 29.9 Å². The largest absolute Gasteiger partial charge is 0.354 e. The number of halogens is 1. The number of aliphatic imine (C=N–C) groups is 1. The van der Waals surface area contributed by atoms with Crippen LogP contribution in [-0.2, 0) is 0 Å². The molecule has 2 rings (SSSR count). The van der Waals surface area contributed by atoms with Crippen molar-refractivity contribution < 1.29 is 4.79 Å². The monoisotopic (exact) mass is 446 g/mol. The van der Waals surface area contributed by atoms with Crippen LogP contribution in [0.2, 0.25) is 0 Å². The van der Waals surface area contributed by atoms with Crippen LogP contribution in [0.5, 0.6) is 0 Å². The highest BCUT2D eigenvalue weighted by molar-refractivity contribution is 14.0. The molecule has 1 atom stereocenters. The van der Waals surface area contributed by atoms with E-state index in [0.29, 0.717) is 24.2 Å². The Bertz CT molecular complexity index is 553. The maximum absolute atomic E-state index is 11.9. The molecule has 1 aromatic rings. The van der Waals surface area contributed by atoms with Gasteiger partial charge in [0.05, 0.1) is 6.20 Å².